The molecule has 5 nitrogen and oxygen atoms in total. The fourth-order valence-corrected chi connectivity index (χ4v) is 2.75. The van der Waals surface area contributed by atoms with Crippen LogP contribution >= 0.6 is 11.8 Å². The summed E-state index contributed by atoms with van der Waals surface area (Å²) >= 11 is 1.18. The first-order chi connectivity index (χ1) is 11.0. The summed E-state index contributed by atoms with van der Waals surface area (Å²) in [4.78, 5) is 30.7. The number of hydrogen-bond acceptors (Lipinski definition) is 4. The summed E-state index contributed by atoms with van der Waals surface area (Å²) < 4.78 is 12.8. The number of carbonyl (C=O) groups is 1. The van der Waals surface area contributed by atoms with E-state index in [4.69, 9.17) is 0 Å². The lowest BCUT2D eigenvalue weighted by Crippen LogP contribution is -2.23. The van der Waals surface area contributed by atoms with Crippen molar-refractivity contribution in [2.75, 3.05) is 5.32 Å². The van der Waals surface area contributed by atoms with Gasteiger partial charge in [-0.05, 0) is 37.6 Å². The normalized spacial score (nSPS) is 12.0. The summed E-state index contributed by atoms with van der Waals surface area (Å²) in [5, 5.41) is 2.66. The van der Waals surface area contributed by atoms with Gasteiger partial charge in [-0.1, -0.05) is 25.1 Å². The van der Waals surface area contributed by atoms with Crippen molar-refractivity contribution >= 4 is 23.4 Å². The van der Waals surface area contributed by atoms with E-state index < -0.39 is 5.25 Å². The molecule has 2 N–H and O–H groups in total. The van der Waals surface area contributed by atoms with Crippen LogP contribution in [0.5, 0.6) is 0 Å². The van der Waals surface area contributed by atoms with Crippen molar-refractivity contribution in [1.82, 2.24) is 9.97 Å². The molecule has 0 saturated heterocycles. The Hall–Kier alpha value is -2.15. The van der Waals surface area contributed by atoms with Crippen LogP contribution < -0.4 is 10.9 Å². The van der Waals surface area contributed by atoms with Gasteiger partial charge in [0.15, 0.2) is 5.16 Å². The number of aryl methyl sites for hydroxylation is 1. The third-order valence-corrected chi connectivity index (χ3v) is 4.03. The Kier molecular flexibility index (Phi) is 5.92. The number of thioether (sulfide) groups is 1. The van der Waals surface area contributed by atoms with Gasteiger partial charge in [0.1, 0.15) is 5.82 Å². The van der Waals surface area contributed by atoms with Crippen molar-refractivity contribution < 1.29 is 9.18 Å². The topological polar surface area (TPSA) is 74.8 Å². The molecule has 0 aliphatic carbocycles. The van der Waals surface area contributed by atoms with Crippen molar-refractivity contribution in [3.05, 3.63) is 52.2 Å². The van der Waals surface area contributed by atoms with E-state index in [0.717, 1.165) is 6.42 Å². The maximum absolute atomic E-state index is 12.8. The number of nitrogens with one attached hydrogen (secondary N) is 2. The van der Waals surface area contributed by atoms with Gasteiger partial charge in [0.05, 0.1) is 5.25 Å². The van der Waals surface area contributed by atoms with Crippen molar-refractivity contribution in [2.45, 2.75) is 37.1 Å². The molecule has 23 heavy (non-hydrogen) atoms. The lowest BCUT2D eigenvalue weighted by molar-refractivity contribution is -0.115. The highest BCUT2D eigenvalue weighted by Gasteiger charge is 2.16. The molecule has 1 atom stereocenters. The number of nitrogens with zero attached hydrogens (tertiary/aromatic N) is 1. The summed E-state index contributed by atoms with van der Waals surface area (Å²) in [6.45, 7) is 3.73. The lowest BCUT2D eigenvalue weighted by atomic mass is 10.2. The Morgan fingerprint density at radius 2 is 2.09 bits per heavy atom. The summed E-state index contributed by atoms with van der Waals surface area (Å²) in [5.74, 6) is -0.606. The van der Waals surface area contributed by atoms with Gasteiger partial charge in [-0.15, -0.1) is 0 Å². The molecule has 1 amide bonds. The summed E-state index contributed by atoms with van der Waals surface area (Å²) in [7, 11) is 0. The van der Waals surface area contributed by atoms with E-state index >= 15 is 0 Å². The molecule has 7 heteroatoms. The van der Waals surface area contributed by atoms with Crippen LogP contribution in [0.15, 0.2) is 40.3 Å². The van der Waals surface area contributed by atoms with E-state index in [1.807, 2.05) is 6.92 Å². The Morgan fingerprint density at radius 3 is 2.74 bits per heavy atom. The van der Waals surface area contributed by atoms with Crippen LogP contribution in [0.3, 0.4) is 0 Å². The number of hydrogen-bond donors (Lipinski definition) is 2. The van der Waals surface area contributed by atoms with Crippen LogP contribution in [-0.4, -0.2) is 21.1 Å². The number of carbonyl (C=O) groups excluding carboxylic acids is 1. The number of amides is 1. The molecule has 1 heterocycles. The summed E-state index contributed by atoms with van der Waals surface area (Å²) in [6, 6.07) is 7.01. The third-order valence-electron chi connectivity index (χ3n) is 3.05. The number of rotatable bonds is 6. The quantitative estimate of drug-likeness (QED) is 0.629. The van der Waals surface area contributed by atoms with Crippen LogP contribution in [0.25, 0.3) is 0 Å². The predicted molar refractivity (Wildman–Crippen MR) is 89.2 cm³/mol. The highest BCUT2D eigenvalue weighted by atomic mass is 32.2. The monoisotopic (exact) mass is 335 g/mol. The molecule has 0 radical (unpaired) electrons. The van der Waals surface area contributed by atoms with Gasteiger partial charge in [-0.2, -0.15) is 0 Å². The minimum atomic E-state index is -0.458. The molecule has 0 aliphatic rings. The molecule has 0 bridgehead atoms. The molecule has 0 unspecified atom stereocenters. The van der Waals surface area contributed by atoms with Gasteiger partial charge in [0, 0.05) is 17.4 Å². The second-order valence-corrected chi connectivity index (χ2v) is 6.38. The fraction of sp³-hybridized carbons (Fsp3) is 0.312. The van der Waals surface area contributed by atoms with Gasteiger partial charge in [-0.3, -0.25) is 9.59 Å². The molecule has 2 aromatic rings. The van der Waals surface area contributed by atoms with E-state index in [9.17, 15) is 14.0 Å². The smallest absolute Gasteiger partial charge is 0.251 e. The van der Waals surface area contributed by atoms with Gasteiger partial charge in [0.25, 0.3) is 5.56 Å². The molecule has 0 fully saturated rings. The maximum Gasteiger partial charge on any atom is 0.251 e. The number of H-pyrrole nitrogens is 1. The second-order valence-electron chi connectivity index (χ2n) is 5.05. The highest BCUT2D eigenvalue weighted by Crippen LogP contribution is 2.20. The van der Waals surface area contributed by atoms with Gasteiger partial charge >= 0.3 is 0 Å². The van der Waals surface area contributed by atoms with Crippen LogP contribution in [0, 0.1) is 5.82 Å². The molecule has 1 aromatic heterocycles. The molecular formula is C16H18FN3O2S. The van der Waals surface area contributed by atoms with Crippen molar-refractivity contribution in [3.8, 4) is 0 Å². The van der Waals surface area contributed by atoms with Gasteiger partial charge in [-0.25, -0.2) is 9.37 Å². The predicted octanol–water partition coefficient (Wildman–Crippen LogP) is 2.98. The molecule has 0 aliphatic heterocycles. The standard InChI is InChI=1S/C16H18FN3O2S/c1-3-4-13-9-14(21)20-16(19-13)23-10(2)15(22)18-12-7-5-11(17)6-8-12/h5-10H,3-4H2,1-2H3,(H,18,22)(H,19,20,21)/t10-/m1/s1. The SMILES string of the molecule is CCCc1cc(=O)[nH]c(S[C@H](C)C(=O)Nc2ccc(F)cc2)n1. The first kappa shape index (κ1) is 17.2. The van der Waals surface area contributed by atoms with E-state index in [1.54, 1.807) is 6.92 Å². The van der Waals surface area contributed by atoms with E-state index in [0.29, 0.717) is 23.0 Å². The van der Waals surface area contributed by atoms with Crippen LogP contribution in [-0.2, 0) is 11.2 Å². The minimum absolute atomic E-state index is 0.225. The summed E-state index contributed by atoms with van der Waals surface area (Å²) in [5.41, 5.74) is 1.01. The van der Waals surface area contributed by atoms with Crippen LogP contribution in [0.1, 0.15) is 26.0 Å². The zero-order chi connectivity index (χ0) is 16.8. The number of benzene rings is 1. The average Bonchev–Trinajstić information content (AvgIpc) is 2.49. The van der Waals surface area contributed by atoms with E-state index in [1.165, 1.54) is 42.1 Å². The molecule has 2 rings (SSSR count). The molecular weight excluding hydrogens is 317 g/mol. The van der Waals surface area contributed by atoms with E-state index in [-0.39, 0.29) is 17.3 Å². The Labute approximate surface area is 137 Å². The van der Waals surface area contributed by atoms with Crippen molar-refractivity contribution in [1.29, 1.82) is 0 Å². The first-order valence-electron chi connectivity index (χ1n) is 7.31. The molecule has 0 saturated carbocycles. The van der Waals surface area contributed by atoms with Crippen LogP contribution in [0.4, 0.5) is 10.1 Å². The average molecular weight is 335 g/mol. The second kappa shape index (κ2) is 7.92. The molecule has 1 aromatic carbocycles. The number of aromatic nitrogens is 2. The lowest BCUT2D eigenvalue weighted by Gasteiger charge is -2.11. The fourth-order valence-electron chi connectivity index (χ4n) is 1.92. The minimum Gasteiger partial charge on any atom is -0.325 e. The molecule has 0 spiro atoms. The Bertz CT molecular complexity index is 731. The van der Waals surface area contributed by atoms with Gasteiger partial charge in [0.2, 0.25) is 5.91 Å². The summed E-state index contributed by atoms with van der Waals surface area (Å²) in [6.07, 6.45) is 1.61. The first-order valence-corrected chi connectivity index (χ1v) is 8.19. The highest BCUT2D eigenvalue weighted by molar-refractivity contribution is 8.00. The molecule has 122 valence electrons. The van der Waals surface area contributed by atoms with Gasteiger partial charge < -0.3 is 10.3 Å². The third kappa shape index (κ3) is 5.21. The zero-order valence-corrected chi connectivity index (χ0v) is 13.7. The van der Waals surface area contributed by atoms with Crippen molar-refractivity contribution in [2.24, 2.45) is 0 Å². The maximum atomic E-state index is 12.8. The zero-order valence-electron chi connectivity index (χ0n) is 12.9. The number of aromatic amines is 1. The number of anilines is 1. The largest absolute Gasteiger partial charge is 0.325 e. The number of halogens is 1. The Morgan fingerprint density at radius 1 is 1.39 bits per heavy atom. The van der Waals surface area contributed by atoms with E-state index in [2.05, 4.69) is 15.3 Å². The Balaban J connectivity index is 2.03. The van der Waals surface area contributed by atoms with Crippen molar-refractivity contribution in [3.63, 3.8) is 0 Å². The van der Waals surface area contributed by atoms with Crippen LogP contribution in [0.2, 0.25) is 0 Å².